The van der Waals surface area contributed by atoms with E-state index in [0.29, 0.717) is 25.2 Å². The van der Waals surface area contributed by atoms with Crippen molar-refractivity contribution in [2.45, 2.75) is 12.6 Å². The maximum atomic E-state index is 13.7. The van der Waals surface area contributed by atoms with Gasteiger partial charge < -0.3 is 14.6 Å². The number of rotatable bonds is 5. The molecular formula is C21H21FN4O2. The van der Waals surface area contributed by atoms with Crippen LogP contribution >= 0.6 is 0 Å². The van der Waals surface area contributed by atoms with Gasteiger partial charge in [-0.3, -0.25) is 9.69 Å². The Bertz CT molecular complexity index is 971. The summed E-state index contributed by atoms with van der Waals surface area (Å²) in [6.07, 6.45) is 3.62. The van der Waals surface area contributed by atoms with Crippen LogP contribution in [0.2, 0.25) is 0 Å². The summed E-state index contributed by atoms with van der Waals surface area (Å²) in [6.45, 7) is 1.67. The Balaban J connectivity index is 1.62. The smallest absolute Gasteiger partial charge is 0.242 e. The number of hydrogen-bond donors (Lipinski definition) is 1. The number of ether oxygens (including phenoxy) is 1. The van der Waals surface area contributed by atoms with Crippen LogP contribution in [0.15, 0.2) is 60.9 Å². The molecule has 0 unspecified atom stereocenters. The lowest BCUT2D eigenvalue weighted by Gasteiger charge is -2.35. The second-order valence-electron chi connectivity index (χ2n) is 6.63. The van der Waals surface area contributed by atoms with Gasteiger partial charge in [0.05, 0.1) is 13.7 Å². The minimum atomic E-state index is -0.550. The molecule has 3 aromatic rings. The van der Waals surface area contributed by atoms with Gasteiger partial charge in [-0.05, 0) is 42.0 Å². The molecule has 6 nitrogen and oxygen atoms in total. The summed E-state index contributed by atoms with van der Waals surface area (Å²) in [4.78, 5) is 19.1. The number of hydrogen-bond acceptors (Lipinski definition) is 4. The van der Waals surface area contributed by atoms with Crippen LogP contribution in [0.4, 0.5) is 4.39 Å². The van der Waals surface area contributed by atoms with Crippen LogP contribution in [0.5, 0.6) is 5.75 Å². The summed E-state index contributed by atoms with van der Waals surface area (Å²) in [6, 6.07) is 13.3. The van der Waals surface area contributed by atoms with Crippen LogP contribution in [-0.2, 0) is 11.3 Å². The van der Waals surface area contributed by atoms with E-state index in [1.165, 1.54) is 12.1 Å². The zero-order chi connectivity index (χ0) is 19.5. The lowest BCUT2D eigenvalue weighted by Crippen LogP contribution is -2.49. The molecule has 1 fully saturated rings. The zero-order valence-electron chi connectivity index (χ0n) is 15.5. The van der Waals surface area contributed by atoms with Crippen molar-refractivity contribution in [2.24, 2.45) is 0 Å². The normalized spacial score (nSPS) is 17.4. The fourth-order valence-corrected chi connectivity index (χ4v) is 3.53. The quantitative estimate of drug-likeness (QED) is 0.739. The topological polar surface area (TPSA) is 59.4 Å². The number of benzene rings is 2. The van der Waals surface area contributed by atoms with Crippen molar-refractivity contribution in [3.05, 3.63) is 78.1 Å². The molecule has 0 aliphatic carbocycles. The highest BCUT2D eigenvalue weighted by Crippen LogP contribution is 2.26. The van der Waals surface area contributed by atoms with Gasteiger partial charge in [-0.1, -0.05) is 12.1 Å². The van der Waals surface area contributed by atoms with Gasteiger partial charge in [0.2, 0.25) is 5.91 Å². The maximum Gasteiger partial charge on any atom is 0.242 e. The van der Waals surface area contributed by atoms with E-state index in [0.717, 1.165) is 17.3 Å². The van der Waals surface area contributed by atoms with Crippen LogP contribution in [0.25, 0.3) is 5.69 Å². The molecule has 1 atom stereocenters. The highest BCUT2D eigenvalue weighted by molar-refractivity contribution is 5.83. The first-order valence-electron chi connectivity index (χ1n) is 9.09. The molecular weight excluding hydrogens is 359 g/mol. The van der Waals surface area contributed by atoms with E-state index in [4.69, 9.17) is 4.74 Å². The molecule has 1 N–H and O–H groups in total. The Labute approximate surface area is 162 Å². The van der Waals surface area contributed by atoms with Crippen LogP contribution in [0, 0.1) is 5.82 Å². The number of piperazine rings is 1. The lowest BCUT2D eigenvalue weighted by atomic mass is 10.0. The van der Waals surface area contributed by atoms with E-state index in [-0.39, 0.29) is 11.7 Å². The first kappa shape index (κ1) is 18.2. The van der Waals surface area contributed by atoms with Gasteiger partial charge in [0.1, 0.15) is 23.4 Å². The molecule has 144 valence electrons. The molecule has 0 spiro atoms. The minimum absolute atomic E-state index is 0.126. The first-order valence-corrected chi connectivity index (χ1v) is 9.09. The summed E-state index contributed by atoms with van der Waals surface area (Å²) in [5.41, 5.74) is 1.59. The van der Waals surface area contributed by atoms with Gasteiger partial charge in [-0.2, -0.15) is 0 Å². The zero-order valence-corrected chi connectivity index (χ0v) is 15.5. The van der Waals surface area contributed by atoms with Crippen LogP contribution in [0.1, 0.15) is 17.4 Å². The van der Waals surface area contributed by atoms with E-state index < -0.39 is 6.04 Å². The van der Waals surface area contributed by atoms with Crippen LogP contribution in [0.3, 0.4) is 0 Å². The van der Waals surface area contributed by atoms with Gasteiger partial charge >= 0.3 is 0 Å². The Morgan fingerprint density at radius 3 is 2.82 bits per heavy atom. The Morgan fingerprint density at radius 1 is 1.25 bits per heavy atom. The summed E-state index contributed by atoms with van der Waals surface area (Å²) in [5.74, 6) is 1.11. The van der Waals surface area contributed by atoms with Crippen molar-refractivity contribution >= 4 is 5.91 Å². The fraction of sp³-hybridized carbons (Fsp3) is 0.238. The Hall–Kier alpha value is -3.19. The molecule has 1 aliphatic heterocycles. The number of carbonyl (C=O) groups excluding carboxylic acids is 1. The number of imidazole rings is 1. The van der Waals surface area contributed by atoms with E-state index in [9.17, 15) is 9.18 Å². The SMILES string of the molecule is COc1ccc(-n2ccnc2CN2CCNC(=O)[C@@H]2c2cccc(F)c2)cc1. The van der Waals surface area contributed by atoms with Gasteiger partial charge in [0.15, 0.2) is 0 Å². The molecule has 4 rings (SSSR count). The third kappa shape index (κ3) is 3.61. The Morgan fingerprint density at radius 2 is 2.07 bits per heavy atom. The van der Waals surface area contributed by atoms with Gasteiger partial charge in [-0.15, -0.1) is 0 Å². The molecule has 0 bridgehead atoms. The highest BCUT2D eigenvalue weighted by Gasteiger charge is 2.32. The lowest BCUT2D eigenvalue weighted by molar-refractivity contribution is -0.129. The van der Waals surface area contributed by atoms with E-state index >= 15 is 0 Å². The van der Waals surface area contributed by atoms with E-state index in [1.807, 2.05) is 39.9 Å². The van der Waals surface area contributed by atoms with Crippen LogP contribution in [-0.4, -0.2) is 40.6 Å². The summed E-state index contributed by atoms with van der Waals surface area (Å²) in [5, 5.41) is 2.87. The molecule has 7 heteroatoms. The number of amides is 1. The molecule has 1 aromatic heterocycles. The third-order valence-electron chi connectivity index (χ3n) is 4.89. The van der Waals surface area contributed by atoms with E-state index in [2.05, 4.69) is 10.3 Å². The molecule has 28 heavy (non-hydrogen) atoms. The maximum absolute atomic E-state index is 13.7. The predicted molar refractivity (Wildman–Crippen MR) is 103 cm³/mol. The summed E-state index contributed by atoms with van der Waals surface area (Å²) < 4.78 is 20.9. The van der Waals surface area contributed by atoms with Crippen molar-refractivity contribution in [1.29, 1.82) is 0 Å². The number of methoxy groups -OCH3 is 1. The second-order valence-corrected chi connectivity index (χ2v) is 6.63. The molecule has 0 saturated carbocycles. The van der Waals surface area contributed by atoms with Crippen LogP contribution < -0.4 is 10.1 Å². The summed E-state index contributed by atoms with van der Waals surface area (Å²) >= 11 is 0. The number of halogens is 1. The highest BCUT2D eigenvalue weighted by atomic mass is 19.1. The second kappa shape index (κ2) is 7.82. The number of aromatic nitrogens is 2. The molecule has 1 saturated heterocycles. The minimum Gasteiger partial charge on any atom is -0.497 e. The van der Waals surface area contributed by atoms with Gasteiger partial charge in [0.25, 0.3) is 0 Å². The number of carbonyl (C=O) groups is 1. The molecule has 1 aliphatic rings. The number of nitrogens with zero attached hydrogens (tertiary/aromatic N) is 3. The largest absolute Gasteiger partial charge is 0.497 e. The van der Waals surface area contributed by atoms with E-state index in [1.54, 1.807) is 25.4 Å². The van der Waals surface area contributed by atoms with Gasteiger partial charge in [0, 0.05) is 31.2 Å². The molecule has 0 radical (unpaired) electrons. The van der Waals surface area contributed by atoms with Crippen molar-refractivity contribution in [1.82, 2.24) is 19.8 Å². The first-order chi connectivity index (χ1) is 13.7. The average molecular weight is 380 g/mol. The fourth-order valence-electron chi connectivity index (χ4n) is 3.53. The van der Waals surface area contributed by atoms with Crippen molar-refractivity contribution in [3.63, 3.8) is 0 Å². The standard InChI is InChI=1S/C21H21FN4O2/c1-28-18-7-5-17(6-8-18)26-12-10-23-19(26)14-25-11-9-24-21(27)20(25)15-3-2-4-16(22)13-15/h2-8,10,12-13,20H,9,11,14H2,1H3,(H,24,27)/t20-/m0/s1. The summed E-state index contributed by atoms with van der Waals surface area (Å²) in [7, 11) is 1.63. The van der Waals surface area contributed by atoms with Crippen molar-refractivity contribution in [2.75, 3.05) is 20.2 Å². The van der Waals surface area contributed by atoms with Gasteiger partial charge in [-0.25, -0.2) is 9.37 Å². The average Bonchev–Trinajstić information content (AvgIpc) is 3.16. The number of nitrogens with one attached hydrogen (secondary N) is 1. The van der Waals surface area contributed by atoms with Crippen molar-refractivity contribution in [3.8, 4) is 11.4 Å². The molecule has 2 aromatic carbocycles. The molecule has 2 heterocycles. The molecule has 1 amide bonds. The monoisotopic (exact) mass is 380 g/mol. The Kier molecular flexibility index (Phi) is 5.08. The predicted octanol–water partition coefficient (Wildman–Crippen LogP) is 2.69. The van der Waals surface area contributed by atoms with Crippen molar-refractivity contribution < 1.29 is 13.9 Å². The third-order valence-corrected chi connectivity index (χ3v) is 4.89.